The SMILES string of the molecule is NC(=O)CN(C(=O)c1ccc(N)c(F)c1)C1CCCC1. The molecule has 2 rings (SSSR count). The number of rotatable bonds is 4. The molecule has 1 aromatic rings. The molecule has 0 bridgehead atoms. The van der Waals surface area contributed by atoms with Crippen LogP contribution in [0.25, 0.3) is 0 Å². The normalized spacial score (nSPS) is 15.2. The monoisotopic (exact) mass is 279 g/mol. The number of carbonyl (C=O) groups excluding carboxylic acids is 2. The number of nitrogens with two attached hydrogens (primary N) is 2. The van der Waals surface area contributed by atoms with E-state index in [0.717, 1.165) is 31.7 Å². The van der Waals surface area contributed by atoms with Crippen LogP contribution in [0, 0.1) is 5.82 Å². The molecule has 20 heavy (non-hydrogen) atoms. The molecular weight excluding hydrogens is 261 g/mol. The van der Waals surface area contributed by atoms with Crippen LogP contribution >= 0.6 is 0 Å². The summed E-state index contributed by atoms with van der Waals surface area (Å²) in [5, 5.41) is 0. The number of nitrogens with zero attached hydrogens (tertiary/aromatic N) is 1. The summed E-state index contributed by atoms with van der Waals surface area (Å²) in [6.07, 6.45) is 3.72. The zero-order valence-electron chi connectivity index (χ0n) is 11.1. The van der Waals surface area contributed by atoms with Gasteiger partial charge in [-0.2, -0.15) is 0 Å². The molecule has 0 spiro atoms. The fourth-order valence-electron chi connectivity index (χ4n) is 2.58. The fraction of sp³-hybridized carbons (Fsp3) is 0.429. The smallest absolute Gasteiger partial charge is 0.254 e. The summed E-state index contributed by atoms with van der Waals surface area (Å²) in [7, 11) is 0. The van der Waals surface area contributed by atoms with Gasteiger partial charge in [-0.3, -0.25) is 9.59 Å². The van der Waals surface area contributed by atoms with E-state index in [-0.39, 0.29) is 29.7 Å². The molecule has 6 heteroatoms. The Morgan fingerprint density at radius 2 is 1.95 bits per heavy atom. The lowest BCUT2D eigenvalue weighted by Gasteiger charge is -2.27. The van der Waals surface area contributed by atoms with Crippen molar-refractivity contribution < 1.29 is 14.0 Å². The molecule has 108 valence electrons. The van der Waals surface area contributed by atoms with Gasteiger partial charge in [0.15, 0.2) is 0 Å². The van der Waals surface area contributed by atoms with Gasteiger partial charge in [-0.1, -0.05) is 12.8 Å². The van der Waals surface area contributed by atoms with Gasteiger partial charge in [0.1, 0.15) is 5.82 Å². The van der Waals surface area contributed by atoms with Crippen molar-refractivity contribution in [3.63, 3.8) is 0 Å². The zero-order valence-corrected chi connectivity index (χ0v) is 11.1. The Balaban J connectivity index is 2.24. The number of primary amides is 1. The van der Waals surface area contributed by atoms with Crippen molar-refractivity contribution in [3.05, 3.63) is 29.6 Å². The van der Waals surface area contributed by atoms with Crippen LogP contribution in [0.3, 0.4) is 0 Å². The Kier molecular flexibility index (Phi) is 4.22. The summed E-state index contributed by atoms with van der Waals surface area (Å²) in [4.78, 5) is 25.0. The third-order valence-electron chi connectivity index (χ3n) is 3.60. The highest BCUT2D eigenvalue weighted by Crippen LogP contribution is 2.25. The second kappa shape index (κ2) is 5.90. The third-order valence-corrected chi connectivity index (χ3v) is 3.60. The molecule has 0 atom stereocenters. The van der Waals surface area contributed by atoms with Gasteiger partial charge in [-0.25, -0.2) is 4.39 Å². The van der Waals surface area contributed by atoms with Gasteiger partial charge in [0.05, 0.1) is 12.2 Å². The maximum Gasteiger partial charge on any atom is 0.254 e. The number of nitrogen functional groups attached to an aromatic ring is 1. The summed E-state index contributed by atoms with van der Waals surface area (Å²) in [5.41, 5.74) is 10.8. The number of hydrogen-bond acceptors (Lipinski definition) is 3. The average Bonchev–Trinajstić information content (AvgIpc) is 2.92. The fourth-order valence-corrected chi connectivity index (χ4v) is 2.58. The van der Waals surface area contributed by atoms with Crippen molar-refractivity contribution in [2.24, 2.45) is 5.73 Å². The van der Waals surface area contributed by atoms with Crippen LogP contribution in [0.4, 0.5) is 10.1 Å². The van der Waals surface area contributed by atoms with Crippen LogP contribution in [0.2, 0.25) is 0 Å². The molecule has 0 saturated heterocycles. The minimum atomic E-state index is -0.638. The quantitative estimate of drug-likeness (QED) is 0.813. The first kappa shape index (κ1) is 14.3. The Morgan fingerprint density at radius 3 is 2.50 bits per heavy atom. The van der Waals surface area contributed by atoms with Crippen LogP contribution in [-0.4, -0.2) is 29.3 Å². The predicted molar refractivity (Wildman–Crippen MR) is 73.3 cm³/mol. The Labute approximate surface area is 116 Å². The molecule has 0 aromatic heterocycles. The zero-order chi connectivity index (χ0) is 14.7. The van der Waals surface area contributed by atoms with Crippen LogP contribution in [0.15, 0.2) is 18.2 Å². The van der Waals surface area contributed by atoms with E-state index < -0.39 is 11.7 Å². The average molecular weight is 279 g/mol. The largest absolute Gasteiger partial charge is 0.396 e. The minimum absolute atomic E-state index is 0.00406. The molecule has 1 aromatic carbocycles. The second-order valence-electron chi connectivity index (χ2n) is 5.07. The summed E-state index contributed by atoms with van der Waals surface area (Å²) < 4.78 is 13.5. The van der Waals surface area contributed by atoms with Gasteiger partial charge in [0.25, 0.3) is 5.91 Å². The molecule has 4 N–H and O–H groups in total. The highest BCUT2D eigenvalue weighted by Gasteiger charge is 2.28. The Bertz CT molecular complexity index is 527. The van der Waals surface area contributed by atoms with E-state index in [1.54, 1.807) is 0 Å². The molecule has 1 aliphatic carbocycles. The first-order valence-corrected chi connectivity index (χ1v) is 6.63. The summed E-state index contributed by atoms with van der Waals surface area (Å²) in [5.74, 6) is -1.59. The van der Waals surface area contributed by atoms with Crippen molar-refractivity contribution in [2.75, 3.05) is 12.3 Å². The third kappa shape index (κ3) is 3.07. The van der Waals surface area contributed by atoms with E-state index in [2.05, 4.69) is 0 Å². The summed E-state index contributed by atoms with van der Waals surface area (Å²) in [6.45, 7) is -0.143. The standard InChI is InChI=1S/C14H18FN3O2/c15-11-7-9(5-6-12(11)16)14(20)18(8-13(17)19)10-3-1-2-4-10/h5-7,10H,1-4,8,16H2,(H2,17,19). The maximum absolute atomic E-state index is 13.5. The van der Waals surface area contributed by atoms with Crippen LogP contribution in [-0.2, 0) is 4.79 Å². The van der Waals surface area contributed by atoms with Crippen LogP contribution in [0.5, 0.6) is 0 Å². The number of anilines is 1. The number of halogens is 1. The van der Waals surface area contributed by atoms with Gasteiger partial charge in [-0.05, 0) is 31.0 Å². The molecular formula is C14H18FN3O2. The number of benzene rings is 1. The Morgan fingerprint density at radius 1 is 1.30 bits per heavy atom. The highest BCUT2D eigenvalue weighted by atomic mass is 19.1. The van der Waals surface area contributed by atoms with E-state index in [9.17, 15) is 14.0 Å². The second-order valence-corrected chi connectivity index (χ2v) is 5.07. The number of amides is 2. The van der Waals surface area contributed by atoms with Crippen molar-refractivity contribution in [2.45, 2.75) is 31.7 Å². The molecule has 2 amide bonds. The van der Waals surface area contributed by atoms with Crippen LogP contribution < -0.4 is 11.5 Å². The first-order chi connectivity index (χ1) is 9.49. The molecule has 1 aliphatic rings. The molecule has 0 aliphatic heterocycles. The van der Waals surface area contributed by atoms with Crippen molar-refractivity contribution in [1.82, 2.24) is 4.90 Å². The molecule has 1 fully saturated rings. The van der Waals surface area contributed by atoms with Crippen molar-refractivity contribution in [3.8, 4) is 0 Å². The van der Waals surface area contributed by atoms with E-state index in [1.165, 1.54) is 17.0 Å². The van der Waals surface area contributed by atoms with Crippen LogP contribution in [0.1, 0.15) is 36.0 Å². The van der Waals surface area contributed by atoms with E-state index >= 15 is 0 Å². The lowest BCUT2D eigenvalue weighted by Crippen LogP contribution is -2.44. The van der Waals surface area contributed by atoms with Gasteiger partial charge < -0.3 is 16.4 Å². The Hall–Kier alpha value is -2.11. The predicted octanol–water partition coefficient (Wildman–Crippen LogP) is 1.28. The molecule has 1 saturated carbocycles. The van der Waals surface area contributed by atoms with Crippen molar-refractivity contribution >= 4 is 17.5 Å². The van der Waals surface area contributed by atoms with Gasteiger partial charge in [0, 0.05) is 11.6 Å². The lowest BCUT2D eigenvalue weighted by atomic mass is 10.1. The van der Waals surface area contributed by atoms with Gasteiger partial charge in [0.2, 0.25) is 5.91 Å². The van der Waals surface area contributed by atoms with Crippen molar-refractivity contribution in [1.29, 1.82) is 0 Å². The summed E-state index contributed by atoms with van der Waals surface area (Å²) in [6, 6.07) is 3.90. The summed E-state index contributed by atoms with van der Waals surface area (Å²) >= 11 is 0. The molecule has 0 unspecified atom stereocenters. The van der Waals surface area contributed by atoms with Gasteiger partial charge in [-0.15, -0.1) is 0 Å². The van der Waals surface area contributed by atoms with E-state index in [1.807, 2.05) is 0 Å². The van der Waals surface area contributed by atoms with E-state index in [0.29, 0.717) is 0 Å². The molecule has 5 nitrogen and oxygen atoms in total. The van der Waals surface area contributed by atoms with E-state index in [4.69, 9.17) is 11.5 Å². The highest BCUT2D eigenvalue weighted by molar-refractivity contribution is 5.96. The minimum Gasteiger partial charge on any atom is -0.396 e. The topological polar surface area (TPSA) is 89.4 Å². The molecule has 0 radical (unpaired) electrons. The first-order valence-electron chi connectivity index (χ1n) is 6.63. The maximum atomic E-state index is 13.5. The van der Waals surface area contributed by atoms with Gasteiger partial charge >= 0.3 is 0 Å². The lowest BCUT2D eigenvalue weighted by molar-refractivity contribution is -0.119. The number of hydrogen-bond donors (Lipinski definition) is 2. The number of carbonyl (C=O) groups is 2. The molecule has 0 heterocycles.